The molecule has 8 heteroatoms. The Balaban J connectivity index is 1.98. The molecule has 2 rings (SSSR count). The number of carbonyl (C=O) groups excluding carboxylic acids is 2. The highest BCUT2D eigenvalue weighted by molar-refractivity contribution is 7.18. The molecule has 0 saturated heterocycles. The van der Waals surface area contributed by atoms with Gasteiger partial charge in [0.2, 0.25) is 11.8 Å². The molecule has 2 amide bonds. The van der Waals surface area contributed by atoms with Crippen LogP contribution in [0, 0.1) is 13.8 Å². The molecule has 0 atom stereocenters. The second kappa shape index (κ2) is 8.05. The van der Waals surface area contributed by atoms with Gasteiger partial charge in [-0.3, -0.25) is 19.0 Å². The highest BCUT2D eigenvalue weighted by atomic mass is 32.1. The second-order valence-corrected chi connectivity index (χ2v) is 6.82. The Kier molecular flexibility index (Phi) is 6.08. The van der Waals surface area contributed by atoms with Crippen LogP contribution < -0.4 is 16.2 Å². The molecule has 2 aromatic heterocycles. The van der Waals surface area contributed by atoms with Crippen molar-refractivity contribution in [2.24, 2.45) is 0 Å². The van der Waals surface area contributed by atoms with Crippen molar-refractivity contribution in [3.8, 4) is 0 Å². The zero-order valence-corrected chi connectivity index (χ0v) is 15.0. The summed E-state index contributed by atoms with van der Waals surface area (Å²) in [7, 11) is 0. The summed E-state index contributed by atoms with van der Waals surface area (Å²) in [6.45, 7) is 6.20. The molecule has 2 N–H and O–H groups in total. The lowest BCUT2D eigenvalue weighted by Crippen LogP contribution is -2.39. The summed E-state index contributed by atoms with van der Waals surface area (Å²) in [6.07, 6.45) is 3.27. The van der Waals surface area contributed by atoms with E-state index in [-0.39, 0.29) is 24.6 Å². The molecule has 0 unspecified atom stereocenters. The van der Waals surface area contributed by atoms with Gasteiger partial charge in [-0.2, -0.15) is 0 Å². The largest absolute Gasteiger partial charge is 0.355 e. The first-order valence-corrected chi connectivity index (χ1v) is 8.74. The number of nitrogens with one attached hydrogen (secondary N) is 2. The predicted molar refractivity (Wildman–Crippen MR) is 94.3 cm³/mol. The Labute approximate surface area is 144 Å². The molecule has 0 spiro atoms. The summed E-state index contributed by atoms with van der Waals surface area (Å²) in [5.74, 6) is -0.629. The summed E-state index contributed by atoms with van der Waals surface area (Å²) in [4.78, 5) is 42.0. The number of carbonyl (C=O) groups is 2. The van der Waals surface area contributed by atoms with Gasteiger partial charge in [0.25, 0.3) is 5.56 Å². The molecule has 130 valence electrons. The third-order valence-corrected chi connectivity index (χ3v) is 4.88. The van der Waals surface area contributed by atoms with E-state index < -0.39 is 5.91 Å². The number of aromatic nitrogens is 2. The van der Waals surface area contributed by atoms with E-state index in [4.69, 9.17) is 0 Å². The maximum atomic E-state index is 12.5. The second-order valence-electron chi connectivity index (χ2n) is 5.62. The molecule has 2 aromatic rings. The van der Waals surface area contributed by atoms with Crippen LogP contribution in [0.15, 0.2) is 11.1 Å². The van der Waals surface area contributed by atoms with Gasteiger partial charge in [-0.05, 0) is 25.8 Å². The van der Waals surface area contributed by atoms with Crippen LogP contribution in [0.3, 0.4) is 0 Å². The van der Waals surface area contributed by atoms with Crippen molar-refractivity contribution < 1.29 is 9.59 Å². The van der Waals surface area contributed by atoms with Gasteiger partial charge in [0.05, 0.1) is 18.3 Å². The molecular weight excluding hydrogens is 328 g/mol. The van der Waals surface area contributed by atoms with Gasteiger partial charge < -0.3 is 10.6 Å². The topological polar surface area (TPSA) is 93.1 Å². The highest BCUT2D eigenvalue weighted by Gasteiger charge is 2.14. The number of hydrogen-bond acceptors (Lipinski definition) is 5. The quantitative estimate of drug-likeness (QED) is 0.732. The average Bonchev–Trinajstić information content (AvgIpc) is 2.84. The van der Waals surface area contributed by atoms with Crippen LogP contribution in [0.2, 0.25) is 0 Å². The van der Waals surface area contributed by atoms with Gasteiger partial charge in [-0.25, -0.2) is 4.98 Å². The van der Waals surface area contributed by atoms with E-state index in [1.807, 2.05) is 20.8 Å². The van der Waals surface area contributed by atoms with Crippen molar-refractivity contribution in [1.82, 2.24) is 20.2 Å². The zero-order valence-electron chi connectivity index (χ0n) is 14.1. The standard InChI is InChI=1S/C16H22N4O3S/c1-4-5-6-17-12(21)7-18-13(22)8-20-9-19-15-14(16(20)23)10(2)11(3)24-15/h9H,4-8H2,1-3H3,(H,17,21)(H,18,22). The minimum Gasteiger partial charge on any atom is -0.355 e. The van der Waals surface area contributed by atoms with Gasteiger partial charge >= 0.3 is 0 Å². The van der Waals surface area contributed by atoms with Gasteiger partial charge in [-0.1, -0.05) is 13.3 Å². The smallest absolute Gasteiger partial charge is 0.262 e. The van der Waals surface area contributed by atoms with Crippen molar-refractivity contribution in [3.63, 3.8) is 0 Å². The third kappa shape index (κ3) is 4.19. The zero-order chi connectivity index (χ0) is 17.7. The first kappa shape index (κ1) is 18.1. The molecule has 0 aliphatic heterocycles. The Morgan fingerprint density at radius 3 is 2.71 bits per heavy atom. The summed E-state index contributed by atoms with van der Waals surface area (Å²) in [5.41, 5.74) is 0.668. The van der Waals surface area contributed by atoms with Crippen LogP contribution in [-0.2, 0) is 16.1 Å². The molecule has 0 aliphatic carbocycles. The maximum Gasteiger partial charge on any atom is 0.262 e. The maximum absolute atomic E-state index is 12.5. The molecule has 0 aromatic carbocycles. The van der Waals surface area contributed by atoms with Crippen LogP contribution in [0.25, 0.3) is 10.2 Å². The number of hydrogen-bond donors (Lipinski definition) is 2. The lowest BCUT2D eigenvalue weighted by atomic mass is 10.2. The van der Waals surface area contributed by atoms with Crippen molar-refractivity contribution in [2.75, 3.05) is 13.1 Å². The number of thiophene rings is 1. The van der Waals surface area contributed by atoms with E-state index in [1.54, 1.807) is 0 Å². The predicted octanol–water partition coefficient (Wildman–Crippen LogP) is 1.11. The van der Waals surface area contributed by atoms with E-state index >= 15 is 0 Å². The monoisotopic (exact) mass is 350 g/mol. The van der Waals surface area contributed by atoms with E-state index in [1.165, 1.54) is 22.2 Å². The Morgan fingerprint density at radius 1 is 1.25 bits per heavy atom. The minimum atomic E-state index is -0.395. The van der Waals surface area contributed by atoms with E-state index in [9.17, 15) is 14.4 Å². The number of amides is 2. The van der Waals surface area contributed by atoms with Crippen LogP contribution >= 0.6 is 11.3 Å². The van der Waals surface area contributed by atoms with Crippen LogP contribution in [-0.4, -0.2) is 34.5 Å². The van der Waals surface area contributed by atoms with Crippen molar-refractivity contribution in [3.05, 3.63) is 27.1 Å². The first-order valence-electron chi connectivity index (χ1n) is 7.92. The van der Waals surface area contributed by atoms with Gasteiger partial charge in [0.15, 0.2) is 0 Å². The van der Waals surface area contributed by atoms with Crippen LogP contribution in [0.1, 0.15) is 30.2 Å². The van der Waals surface area contributed by atoms with Gasteiger partial charge in [0.1, 0.15) is 11.4 Å². The highest BCUT2D eigenvalue weighted by Crippen LogP contribution is 2.25. The summed E-state index contributed by atoms with van der Waals surface area (Å²) in [6, 6.07) is 0. The first-order chi connectivity index (χ1) is 11.4. The molecular formula is C16H22N4O3S. The number of rotatable bonds is 7. The fourth-order valence-corrected chi connectivity index (χ4v) is 3.23. The lowest BCUT2D eigenvalue weighted by Gasteiger charge is -2.08. The summed E-state index contributed by atoms with van der Waals surface area (Å²) in [5, 5.41) is 5.79. The fourth-order valence-electron chi connectivity index (χ4n) is 2.24. The molecule has 0 saturated carbocycles. The van der Waals surface area contributed by atoms with E-state index in [2.05, 4.69) is 15.6 Å². The van der Waals surface area contributed by atoms with Crippen molar-refractivity contribution >= 4 is 33.4 Å². The number of fused-ring (bicyclic) bond motifs is 1. The van der Waals surface area contributed by atoms with Gasteiger partial charge in [0, 0.05) is 11.4 Å². The molecule has 2 heterocycles. The summed E-state index contributed by atoms with van der Waals surface area (Å²) >= 11 is 1.47. The van der Waals surface area contributed by atoms with Crippen LogP contribution in [0.5, 0.6) is 0 Å². The lowest BCUT2D eigenvalue weighted by molar-refractivity contribution is -0.126. The fraction of sp³-hybridized carbons (Fsp3) is 0.500. The number of unbranched alkanes of at least 4 members (excludes halogenated alkanes) is 1. The van der Waals surface area contributed by atoms with E-state index in [0.29, 0.717) is 16.8 Å². The molecule has 0 bridgehead atoms. The number of nitrogens with zero attached hydrogens (tertiary/aromatic N) is 2. The summed E-state index contributed by atoms with van der Waals surface area (Å²) < 4.78 is 1.27. The third-order valence-electron chi connectivity index (χ3n) is 3.77. The Hall–Kier alpha value is -2.22. The van der Waals surface area contributed by atoms with Crippen molar-refractivity contribution in [1.29, 1.82) is 0 Å². The van der Waals surface area contributed by atoms with Crippen molar-refractivity contribution in [2.45, 2.75) is 40.2 Å². The molecule has 24 heavy (non-hydrogen) atoms. The molecule has 7 nitrogen and oxygen atoms in total. The van der Waals surface area contributed by atoms with Crippen LogP contribution in [0.4, 0.5) is 0 Å². The number of aryl methyl sites for hydroxylation is 2. The molecule has 0 radical (unpaired) electrons. The Morgan fingerprint density at radius 2 is 2.00 bits per heavy atom. The molecule has 0 fully saturated rings. The SMILES string of the molecule is CCCCNC(=O)CNC(=O)Cn1cnc2sc(C)c(C)c2c1=O. The minimum absolute atomic E-state index is 0.0937. The Bertz CT molecular complexity index is 809. The molecule has 0 aliphatic rings. The van der Waals surface area contributed by atoms with Gasteiger partial charge in [-0.15, -0.1) is 11.3 Å². The van der Waals surface area contributed by atoms with E-state index in [0.717, 1.165) is 23.3 Å². The average molecular weight is 350 g/mol. The normalized spacial score (nSPS) is 10.8.